The molecular weight excluding hydrogens is 271 g/mol. The predicted molar refractivity (Wildman–Crippen MR) is 68.3 cm³/mol. The van der Waals surface area contributed by atoms with Gasteiger partial charge in [-0.25, -0.2) is 9.37 Å². The maximum absolute atomic E-state index is 13.7. The van der Waals surface area contributed by atoms with Crippen molar-refractivity contribution in [3.8, 4) is 0 Å². The van der Waals surface area contributed by atoms with Crippen LogP contribution in [0.4, 0.5) is 10.1 Å². The highest BCUT2D eigenvalue weighted by Gasteiger charge is 2.11. The zero-order valence-electron chi connectivity index (χ0n) is 9.14. The van der Waals surface area contributed by atoms with E-state index < -0.39 is 0 Å². The van der Waals surface area contributed by atoms with E-state index in [-0.39, 0.29) is 5.82 Å². The van der Waals surface area contributed by atoms with E-state index >= 15 is 0 Å². The molecule has 0 atom stereocenters. The number of benzene rings is 1. The molecule has 0 fully saturated rings. The third-order valence-electron chi connectivity index (χ3n) is 2.55. The Bertz CT molecular complexity index is 540. The fourth-order valence-corrected chi connectivity index (χ4v) is 2.23. The molecule has 16 heavy (non-hydrogen) atoms. The quantitative estimate of drug-likeness (QED) is 0.908. The lowest BCUT2D eigenvalue weighted by Crippen LogP contribution is -1.97. The van der Waals surface area contributed by atoms with E-state index in [4.69, 9.17) is 0 Å². The first-order valence-electron chi connectivity index (χ1n) is 5.12. The minimum Gasteiger partial charge on any atom is -0.387 e. The maximum atomic E-state index is 13.7. The van der Waals surface area contributed by atoms with Crippen molar-refractivity contribution >= 4 is 32.5 Å². The smallest absolute Gasteiger partial charge is 0.149 e. The van der Waals surface area contributed by atoms with Crippen LogP contribution in [-0.2, 0) is 6.42 Å². The average molecular weight is 283 g/mol. The highest BCUT2D eigenvalue weighted by atomic mass is 79.9. The number of anilines is 1. The molecule has 84 valence electrons. The van der Waals surface area contributed by atoms with Gasteiger partial charge in [0, 0.05) is 28.3 Å². The van der Waals surface area contributed by atoms with E-state index in [0.29, 0.717) is 5.52 Å². The van der Waals surface area contributed by atoms with Gasteiger partial charge in [0.25, 0.3) is 0 Å². The molecule has 0 saturated carbocycles. The van der Waals surface area contributed by atoms with Gasteiger partial charge in [-0.15, -0.1) is 0 Å². The second kappa shape index (κ2) is 4.37. The van der Waals surface area contributed by atoms with Crippen LogP contribution in [0.25, 0.3) is 10.9 Å². The Labute approximate surface area is 102 Å². The number of halogens is 2. The first-order chi connectivity index (χ1) is 7.67. The van der Waals surface area contributed by atoms with E-state index in [2.05, 4.69) is 26.2 Å². The number of fused-ring (bicyclic) bond motifs is 1. The number of rotatable bonds is 2. The van der Waals surface area contributed by atoms with Crippen molar-refractivity contribution in [3.63, 3.8) is 0 Å². The molecule has 0 spiro atoms. The molecular formula is C12H12BrFN2. The Morgan fingerprint density at radius 2 is 2.19 bits per heavy atom. The Morgan fingerprint density at radius 1 is 1.44 bits per heavy atom. The van der Waals surface area contributed by atoms with Crippen molar-refractivity contribution in [1.29, 1.82) is 0 Å². The number of pyridine rings is 1. The SMILES string of the molecule is CCc1cc(NC)c2c(Br)ccc(F)c2n1. The molecule has 2 aromatic rings. The van der Waals surface area contributed by atoms with Crippen LogP contribution >= 0.6 is 15.9 Å². The van der Waals surface area contributed by atoms with E-state index in [9.17, 15) is 4.39 Å². The summed E-state index contributed by atoms with van der Waals surface area (Å²) in [4.78, 5) is 4.32. The standard InChI is InChI=1S/C12H12BrFN2/c1-3-7-6-10(15-2)11-8(13)4-5-9(14)12(11)16-7/h4-6H,3H2,1-2H3,(H,15,16). The third kappa shape index (κ3) is 1.78. The Balaban J connectivity index is 2.88. The summed E-state index contributed by atoms with van der Waals surface area (Å²) < 4.78 is 14.5. The van der Waals surface area contributed by atoms with Gasteiger partial charge in [0.2, 0.25) is 0 Å². The summed E-state index contributed by atoms with van der Waals surface area (Å²) in [7, 11) is 1.82. The number of nitrogens with zero attached hydrogens (tertiary/aromatic N) is 1. The summed E-state index contributed by atoms with van der Waals surface area (Å²) in [5.41, 5.74) is 2.19. The van der Waals surface area contributed by atoms with Gasteiger partial charge in [-0.2, -0.15) is 0 Å². The van der Waals surface area contributed by atoms with Crippen LogP contribution in [0.2, 0.25) is 0 Å². The van der Waals surface area contributed by atoms with Gasteiger partial charge >= 0.3 is 0 Å². The van der Waals surface area contributed by atoms with Crippen LogP contribution in [0.15, 0.2) is 22.7 Å². The van der Waals surface area contributed by atoms with E-state index in [0.717, 1.165) is 27.7 Å². The fraction of sp³-hybridized carbons (Fsp3) is 0.250. The molecule has 0 amide bonds. The van der Waals surface area contributed by atoms with E-state index in [1.54, 1.807) is 6.07 Å². The van der Waals surface area contributed by atoms with Crippen LogP contribution in [0.1, 0.15) is 12.6 Å². The minimum absolute atomic E-state index is 0.287. The predicted octanol–water partition coefficient (Wildman–Crippen LogP) is 3.74. The van der Waals surface area contributed by atoms with Crippen molar-refractivity contribution in [2.45, 2.75) is 13.3 Å². The van der Waals surface area contributed by atoms with Gasteiger partial charge in [0.05, 0.1) is 0 Å². The highest BCUT2D eigenvalue weighted by Crippen LogP contribution is 2.31. The molecule has 4 heteroatoms. The number of hydrogen-bond donors (Lipinski definition) is 1. The zero-order chi connectivity index (χ0) is 11.7. The second-order valence-corrected chi connectivity index (χ2v) is 4.37. The molecule has 0 aliphatic rings. The molecule has 2 nitrogen and oxygen atoms in total. The Morgan fingerprint density at radius 3 is 2.81 bits per heavy atom. The molecule has 0 bridgehead atoms. The van der Waals surface area contributed by atoms with Crippen molar-refractivity contribution in [1.82, 2.24) is 4.98 Å². The first-order valence-corrected chi connectivity index (χ1v) is 5.92. The molecule has 0 aliphatic carbocycles. The number of nitrogens with one attached hydrogen (secondary N) is 1. The van der Waals surface area contributed by atoms with Crippen LogP contribution in [-0.4, -0.2) is 12.0 Å². The summed E-state index contributed by atoms with van der Waals surface area (Å²) in [6, 6.07) is 5.08. The van der Waals surface area contributed by atoms with Crippen molar-refractivity contribution in [2.24, 2.45) is 0 Å². The normalized spacial score (nSPS) is 10.8. The topological polar surface area (TPSA) is 24.9 Å². The summed E-state index contributed by atoms with van der Waals surface area (Å²) in [6.07, 6.45) is 0.788. The molecule has 0 unspecified atom stereocenters. The Kier molecular flexibility index (Phi) is 3.10. The minimum atomic E-state index is -0.287. The largest absolute Gasteiger partial charge is 0.387 e. The van der Waals surface area contributed by atoms with Crippen LogP contribution in [0.3, 0.4) is 0 Å². The molecule has 1 aromatic carbocycles. The van der Waals surface area contributed by atoms with Crippen LogP contribution in [0.5, 0.6) is 0 Å². The Hall–Kier alpha value is -1.16. The average Bonchev–Trinajstić information content (AvgIpc) is 2.32. The van der Waals surface area contributed by atoms with Crippen molar-refractivity contribution < 1.29 is 4.39 Å². The molecule has 0 radical (unpaired) electrons. The first kappa shape index (κ1) is 11.3. The molecule has 0 saturated heterocycles. The lowest BCUT2D eigenvalue weighted by Gasteiger charge is -2.10. The van der Waals surface area contributed by atoms with Gasteiger partial charge < -0.3 is 5.32 Å². The van der Waals surface area contributed by atoms with Crippen LogP contribution in [0, 0.1) is 5.82 Å². The van der Waals surface area contributed by atoms with Gasteiger partial charge in [0.1, 0.15) is 11.3 Å². The van der Waals surface area contributed by atoms with E-state index in [1.165, 1.54) is 6.07 Å². The van der Waals surface area contributed by atoms with Crippen LogP contribution < -0.4 is 5.32 Å². The molecule has 0 aliphatic heterocycles. The monoisotopic (exact) mass is 282 g/mol. The lowest BCUT2D eigenvalue weighted by atomic mass is 10.1. The summed E-state index contributed by atoms with van der Waals surface area (Å²) >= 11 is 3.42. The third-order valence-corrected chi connectivity index (χ3v) is 3.21. The molecule has 1 N–H and O–H groups in total. The fourth-order valence-electron chi connectivity index (χ4n) is 1.70. The molecule has 1 aromatic heterocycles. The number of aryl methyl sites for hydroxylation is 1. The summed E-state index contributed by atoms with van der Waals surface area (Å²) in [5, 5.41) is 3.87. The zero-order valence-corrected chi connectivity index (χ0v) is 10.7. The number of hydrogen-bond acceptors (Lipinski definition) is 2. The molecule has 2 rings (SSSR count). The highest BCUT2D eigenvalue weighted by molar-refractivity contribution is 9.10. The second-order valence-electron chi connectivity index (χ2n) is 3.52. The van der Waals surface area contributed by atoms with Crippen molar-refractivity contribution in [2.75, 3.05) is 12.4 Å². The summed E-state index contributed by atoms with van der Waals surface area (Å²) in [5.74, 6) is -0.287. The van der Waals surface area contributed by atoms with E-state index in [1.807, 2.05) is 20.0 Å². The van der Waals surface area contributed by atoms with Gasteiger partial charge in [-0.05, 0) is 24.6 Å². The van der Waals surface area contributed by atoms with Gasteiger partial charge in [0.15, 0.2) is 0 Å². The maximum Gasteiger partial charge on any atom is 0.149 e. The van der Waals surface area contributed by atoms with Crippen molar-refractivity contribution in [3.05, 3.63) is 34.2 Å². The number of aromatic nitrogens is 1. The lowest BCUT2D eigenvalue weighted by molar-refractivity contribution is 0.636. The molecule has 1 heterocycles. The summed E-state index contributed by atoms with van der Waals surface area (Å²) in [6.45, 7) is 2.00. The van der Waals surface area contributed by atoms with Gasteiger partial charge in [-0.3, -0.25) is 0 Å². The van der Waals surface area contributed by atoms with Gasteiger partial charge in [-0.1, -0.05) is 22.9 Å².